The van der Waals surface area contributed by atoms with Crippen molar-refractivity contribution in [1.82, 2.24) is 25.2 Å². The number of hydrazone groups is 1. The minimum absolute atomic E-state index is 0.189. The first-order valence-corrected chi connectivity index (χ1v) is 9.41. The fourth-order valence-electron chi connectivity index (χ4n) is 2.11. The van der Waals surface area contributed by atoms with Gasteiger partial charge < -0.3 is 4.57 Å². The Bertz CT molecular complexity index is 928. The van der Waals surface area contributed by atoms with Crippen LogP contribution in [0.2, 0.25) is 0 Å². The lowest BCUT2D eigenvalue weighted by atomic mass is 10.2. The number of carbonyl (C=O) groups excluding carboxylic acids is 1. The maximum absolute atomic E-state index is 11.9. The first-order chi connectivity index (χ1) is 12.6. The lowest BCUT2D eigenvalue weighted by molar-refractivity contribution is -0.118. The van der Waals surface area contributed by atoms with E-state index in [9.17, 15) is 4.79 Å². The molecule has 7 nitrogen and oxygen atoms in total. The summed E-state index contributed by atoms with van der Waals surface area (Å²) in [6.07, 6.45) is 4.88. The average Bonchev–Trinajstić information content (AvgIpc) is 3.01. The molecule has 0 atom stereocenters. The van der Waals surface area contributed by atoms with Crippen molar-refractivity contribution in [3.8, 4) is 11.4 Å². The van der Waals surface area contributed by atoms with Gasteiger partial charge in [0.05, 0.1) is 12.0 Å². The number of carbonyl (C=O) groups is 1. The Kier molecular flexibility index (Phi) is 6.13. The molecule has 0 saturated carbocycles. The van der Waals surface area contributed by atoms with Gasteiger partial charge in [0.1, 0.15) is 0 Å². The maximum atomic E-state index is 11.9. The molecule has 0 aliphatic heterocycles. The van der Waals surface area contributed by atoms with Crippen LogP contribution >= 0.6 is 27.7 Å². The third kappa shape index (κ3) is 4.77. The minimum Gasteiger partial charge on any atom is -0.305 e. The predicted molar refractivity (Wildman–Crippen MR) is 105 cm³/mol. The van der Waals surface area contributed by atoms with Crippen molar-refractivity contribution >= 4 is 39.8 Å². The number of aromatic nitrogens is 4. The van der Waals surface area contributed by atoms with Crippen molar-refractivity contribution in [3.05, 3.63) is 58.8 Å². The zero-order chi connectivity index (χ0) is 18.4. The molecule has 0 unspecified atom stereocenters. The summed E-state index contributed by atoms with van der Waals surface area (Å²) < 4.78 is 2.83. The molecule has 1 N–H and O–H groups in total. The van der Waals surface area contributed by atoms with Crippen molar-refractivity contribution in [1.29, 1.82) is 0 Å². The lowest BCUT2D eigenvalue weighted by Gasteiger charge is -2.04. The number of benzene rings is 1. The molecule has 0 bridgehead atoms. The first kappa shape index (κ1) is 18.3. The first-order valence-electron chi connectivity index (χ1n) is 7.63. The SMILES string of the molecule is Cn1c(SCC(=O)N/N=C\c2cccnc2)nnc1-c1cccc(Br)c1. The van der Waals surface area contributed by atoms with Gasteiger partial charge in [-0.2, -0.15) is 5.10 Å². The number of rotatable bonds is 6. The maximum Gasteiger partial charge on any atom is 0.250 e. The van der Waals surface area contributed by atoms with Gasteiger partial charge in [-0.1, -0.05) is 45.9 Å². The quantitative estimate of drug-likeness (QED) is 0.369. The number of nitrogens with zero attached hydrogens (tertiary/aromatic N) is 5. The molecular weight excluding hydrogens is 416 g/mol. The van der Waals surface area contributed by atoms with Gasteiger partial charge in [-0.25, -0.2) is 5.43 Å². The number of pyridine rings is 1. The van der Waals surface area contributed by atoms with Gasteiger partial charge in [-0.15, -0.1) is 10.2 Å². The monoisotopic (exact) mass is 430 g/mol. The Morgan fingerprint density at radius 1 is 1.35 bits per heavy atom. The molecule has 0 radical (unpaired) electrons. The zero-order valence-corrected chi connectivity index (χ0v) is 16.2. The van der Waals surface area contributed by atoms with Crippen molar-refractivity contribution in [2.75, 3.05) is 5.75 Å². The number of nitrogens with one attached hydrogen (secondary N) is 1. The Morgan fingerprint density at radius 2 is 2.23 bits per heavy atom. The third-order valence-corrected chi connectivity index (χ3v) is 4.85. The Labute approximate surface area is 163 Å². The predicted octanol–water partition coefficient (Wildman–Crippen LogP) is 2.88. The van der Waals surface area contributed by atoms with Crippen LogP contribution in [0.1, 0.15) is 5.56 Å². The van der Waals surface area contributed by atoms with Crippen LogP contribution in [0.3, 0.4) is 0 Å². The van der Waals surface area contributed by atoms with Gasteiger partial charge >= 0.3 is 0 Å². The summed E-state index contributed by atoms with van der Waals surface area (Å²) in [7, 11) is 1.87. The smallest absolute Gasteiger partial charge is 0.250 e. The van der Waals surface area contributed by atoms with Gasteiger partial charge in [0, 0.05) is 35.0 Å². The summed E-state index contributed by atoms with van der Waals surface area (Å²) in [5.41, 5.74) is 4.25. The fraction of sp³-hybridized carbons (Fsp3) is 0.118. The van der Waals surface area contributed by atoms with Crippen LogP contribution < -0.4 is 5.43 Å². The van der Waals surface area contributed by atoms with Gasteiger partial charge in [-0.05, 0) is 18.2 Å². The molecule has 2 heterocycles. The van der Waals surface area contributed by atoms with Crippen molar-refractivity contribution in [2.24, 2.45) is 12.1 Å². The standard InChI is InChI=1S/C17H15BrN6OS/c1-24-16(13-5-2-6-14(18)8-13)22-23-17(24)26-11-15(25)21-20-10-12-4-3-7-19-9-12/h2-10H,11H2,1H3,(H,21,25)/b20-10-. The summed E-state index contributed by atoms with van der Waals surface area (Å²) in [6.45, 7) is 0. The number of amides is 1. The molecule has 3 aromatic rings. The molecular formula is C17H15BrN6OS. The van der Waals surface area contributed by atoms with Crippen molar-refractivity contribution in [3.63, 3.8) is 0 Å². The van der Waals surface area contributed by atoms with E-state index in [1.807, 2.05) is 41.9 Å². The molecule has 3 rings (SSSR count). The third-order valence-electron chi connectivity index (χ3n) is 3.34. The molecule has 0 saturated heterocycles. The van der Waals surface area contributed by atoms with Gasteiger partial charge in [0.25, 0.3) is 5.91 Å². The van der Waals surface area contributed by atoms with Gasteiger partial charge in [0.2, 0.25) is 0 Å². The van der Waals surface area contributed by atoms with Crippen molar-refractivity contribution in [2.45, 2.75) is 5.16 Å². The van der Waals surface area contributed by atoms with E-state index in [1.165, 1.54) is 11.8 Å². The van der Waals surface area contributed by atoms with E-state index in [4.69, 9.17) is 0 Å². The van der Waals surface area contributed by atoms with Crippen LogP contribution in [0.25, 0.3) is 11.4 Å². The molecule has 26 heavy (non-hydrogen) atoms. The zero-order valence-electron chi connectivity index (χ0n) is 13.8. The highest BCUT2D eigenvalue weighted by Gasteiger charge is 2.12. The summed E-state index contributed by atoms with van der Waals surface area (Å²) in [5.74, 6) is 0.709. The van der Waals surface area contributed by atoms with Crippen LogP contribution in [0.15, 0.2) is 63.5 Å². The lowest BCUT2D eigenvalue weighted by Crippen LogP contribution is -2.19. The van der Waals surface area contributed by atoms with E-state index in [0.29, 0.717) is 5.16 Å². The Morgan fingerprint density at radius 3 is 3.00 bits per heavy atom. The van der Waals surface area contributed by atoms with E-state index in [2.05, 4.69) is 41.6 Å². The average molecular weight is 431 g/mol. The van der Waals surface area contributed by atoms with Crippen LogP contribution in [-0.4, -0.2) is 37.6 Å². The van der Waals surface area contributed by atoms with Gasteiger partial charge in [0.15, 0.2) is 11.0 Å². The van der Waals surface area contributed by atoms with Gasteiger partial charge in [-0.3, -0.25) is 9.78 Å². The highest BCUT2D eigenvalue weighted by molar-refractivity contribution is 9.10. The molecule has 0 fully saturated rings. The van der Waals surface area contributed by atoms with Crippen LogP contribution in [-0.2, 0) is 11.8 Å². The molecule has 132 valence electrons. The van der Waals surface area contributed by atoms with E-state index in [1.54, 1.807) is 24.7 Å². The molecule has 2 aromatic heterocycles. The van der Waals surface area contributed by atoms with E-state index < -0.39 is 0 Å². The second-order valence-electron chi connectivity index (χ2n) is 5.24. The summed E-state index contributed by atoms with van der Waals surface area (Å²) in [4.78, 5) is 15.9. The van der Waals surface area contributed by atoms with Crippen LogP contribution in [0, 0.1) is 0 Å². The van der Waals surface area contributed by atoms with E-state index in [0.717, 1.165) is 21.4 Å². The van der Waals surface area contributed by atoms with Crippen LogP contribution in [0.5, 0.6) is 0 Å². The van der Waals surface area contributed by atoms with E-state index in [-0.39, 0.29) is 11.7 Å². The molecule has 0 spiro atoms. The normalized spacial score (nSPS) is 11.0. The molecule has 0 aliphatic rings. The molecule has 0 aliphatic carbocycles. The van der Waals surface area contributed by atoms with Crippen LogP contribution in [0.4, 0.5) is 0 Å². The number of hydrogen-bond donors (Lipinski definition) is 1. The summed E-state index contributed by atoms with van der Waals surface area (Å²) in [6, 6.07) is 11.5. The fourth-order valence-corrected chi connectivity index (χ4v) is 3.22. The molecule has 9 heteroatoms. The second kappa shape index (κ2) is 8.72. The molecule has 1 amide bonds. The second-order valence-corrected chi connectivity index (χ2v) is 7.10. The number of hydrogen-bond acceptors (Lipinski definition) is 6. The number of halogens is 1. The topological polar surface area (TPSA) is 85.1 Å². The summed E-state index contributed by atoms with van der Waals surface area (Å²) >= 11 is 4.75. The number of thioether (sulfide) groups is 1. The highest BCUT2D eigenvalue weighted by atomic mass is 79.9. The van der Waals surface area contributed by atoms with Crippen molar-refractivity contribution < 1.29 is 4.79 Å². The minimum atomic E-state index is -0.220. The Balaban J connectivity index is 1.56. The molecule has 1 aromatic carbocycles. The largest absolute Gasteiger partial charge is 0.305 e. The highest BCUT2D eigenvalue weighted by Crippen LogP contribution is 2.24. The Hall–Kier alpha value is -2.52. The summed E-state index contributed by atoms with van der Waals surface area (Å²) in [5, 5.41) is 12.9. The van der Waals surface area contributed by atoms with E-state index >= 15 is 0 Å².